The van der Waals surface area contributed by atoms with E-state index in [4.69, 9.17) is 16.6 Å². The van der Waals surface area contributed by atoms with Gasteiger partial charge in [0.1, 0.15) is 17.2 Å². The Hall–Kier alpha value is -3.00. The van der Waals surface area contributed by atoms with Crippen molar-refractivity contribution in [2.45, 2.75) is 38.1 Å². The second kappa shape index (κ2) is 7.55. The van der Waals surface area contributed by atoms with Crippen LogP contribution in [0.4, 0.5) is 5.69 Å². The van der Waals surface area contributed by atoms with Crippen molar-refractivity contribution in [2.75, 3.05) is 0 Å². The van der Waals surface area contributed by atoms with Crippen LogP contribution < -0.4 is 5.32 Å². The Labute approximate surface area is 167 Å². The molecule has 1 saturated carbocycles. The minimum atomic E-state index is -0.444. The van der Waals surface area contributed by atoms with E-state index in [2.05, 4.69) is 5.32 Å². The van der Waals surface area contributed by atoms with Gasteiger partial charge < -0.3 is 9.73 Å². The summed E-state index contributed by atoms with van der Waals surface area (Å²) in [5.74, 6) is 0.960. The maximum Gasteiger partial charge on any atom is 0.276 e. The zero-order valence-corrected chi connectivity index (χ0v) is 15.9. The van der Waals surface area contributed by atoms with E-state index in [-0.39, 0.29) is 17.6 Å². The molecule has 0 unspecified atom stereocenters. The smallest absolute Gasteiger partial charge is 0.276 e. The molecule has 0 spiro atoms. The summed E-state index contributed by atoms with van der Waals surface area (Å²) >= 11 is 5.37. The standard InChI is InChI=1S/C20H19N3O4S/c24-19-17(21-20(28)22(19)14-4-2-1-3-5-14)12-16-10-11-18(27-16)13-6-8-15(9-7-13)23(25)26/h6-12,14H,1-5H2,(H,21,28)/b17-12-. The number of furan rings is 1. The lowest BCUT2D eigenvalue weighted by atomic mass is 9.94. The fourth-order valence-corrected chi connectivity index (χ4v) is 4.04. The van der Waals surface area contributed by atoms with E-state index in [0.717, 1.165) is 31.2 Å². The first-order valence-corrected chi connectivity index (χ1v) is 9.64. The van der Waals surface area contributed by atoms with Crippen LogP contribution in [0.5, 0.6) is 0 Å². The Kier molecular flexibility index (Phi) is 4.95. The summed E-state index contributed by atoms with van der Waals surface area (Å²) in [5.41, 5.74) is 1.15. The molecule has 0 radical (unpaired) electrons. The Morgan fingerprint density at radius 2 is 1.86 bits per heavy atom. The first-order chi connectivity index (χ1) is 13.5. The SMILES string of the molecule is O=C1/C(=C/c2ccc(-c3ccc([N+](=O)[O-])cc3)o2)NC(=S)N1C1CCCCC1. The summed E-state index contributed by atoms with van der Waals surface area (Å²) in [6, 6.07) is 9.81. The van der Waals surface area contributed by atoms with Crippen molar-refractivity contribution in [1.29, 1.82) is 0 Å². The summed E-state index contributed by atoms with van der Waals surface area (Å²) in [6.45, 7) is 0. The third-order valence-electron chi connectivity index (χ3n) is 5.13. The van der Waals surface area contributed by atoms with Gasteiger partial charge >= 0.3 is 0 Å². The van der Waals surface area contributed by atoms with Crippen molar-refractivity contribution < 1.29 is 14.1 Å². The third kappa shape index (κ3) is 3.55. The second-order valence-corrected chi connectivity index (χ2v) is 7.35. The molecule has 0 atom stereocenters. The van der Waals surface area contributed by atoms with Gasteiger partial charge in [-0.25, -0.2) is 0 Å². The first kappa shape index (κ1) is 18.4. The van der Waals surface area contributed by atoms with Gasteiger partial charge in [-0.3, -0.25) is 19.8 Å². The number of rotatable bonds is 4. The van der Waals surface area contributed by atoms with Crippen molar-refractivity contribution in [2.24, 2.45) is 0 Å². The molecule has 2 aliphatic rings. The number of non-ortho nitro benzene ring substituents is 1. The molecule has 2 fully saturated rings. The van der Waals surface area contributed by atoms with Crippen LogP contribution in [0, 0.1) is 10.1 Å². The lowest BCUT2D eigenvalue weighted by molar-refractivity contribution is -0.384. The molecule has 28 heavy (non-hydrogen) atoms. The molecule has 7 nitrogen and oxygen atoms in total. The minimum Gasteiger partial charge on any atom is -0.457 e. The summed E-state index contributed by atoms with van der Waals surface area (Å²) in [6.07, 6.45) is 7.04. The van der Waals surface area contributed by atoms with Gasteiger partial charge in [-0.05, 0) is 49.3 Å². The van der Waals surface area contributed by atoms with Crippen molar-refractivity contribution in [1.82, 2.24) is 10.2 Å². The second-order valence-electron chi connectivity index (χ2n) is 6.96. The minimum absolute atomic E-state index is 0.0229. The Morgan fingerprint density at radius 1 is 1.14 bits per heavy atom. The van der Waals surface area contributed by atoms with Crippen LogP contribution in [0.2, 0.25) is 0 Å². The highest BCUT2D eigenvalue weighted by molar-refractivity contribution is 7.80. The molecule has 144 valence electrons. The number of hydrogen-bond acceptors (Lipinski definition) is 5. The Balaban J connectivity index is 1.52. The molecule has 8 heteroatoms. The lowest BCUT2D eigenvalue weighted by Crippen LogP contribution is -2.41. The monoisotopic (exact) mass is 397 g/mol. The van der Waals surface area contributed by atoms with Gasteiger partial charge in [0.15, 0.2) is 5.11 Å². The van der Waals surface area contributed by atoms with Gasteiger partial charge in [-0.15, -0.1) is 0 Å². The highest BCUT2D eigenvalue weighted by Crippen LogP contribution is 2.28. The van der Waals surface area contributed by atoms with Crippen molar-refractivity contribution in [3.05, 3.63) is 58.0 Å². The Morgan fingerprint density at radius 3 is 2.54 bits per heavy atom. The molecule has 1 aromatic carbocycles. The number of hydrogen-bond donors (Lipinski definition) is 1. The number of carbonyl (C=O) groups is 1. The van der Waals surface area contributed by atoms with E-state index in [1.165, 1.54) is 18.6 Å². The summed E-state index contributed by atoms with van der Waals surface area (Å²) in [7, 11) is 0. The van der Waals surface area contributed by atoms with Crippen LogP contribution >= 0.6 is 12.2 Å². The van der Waals surface area contributed by atoms with E-state index in [1.807, 2.05) is 0 Å². The summed E-state index contributed by atoms with van der Waals surface area (Å²) in [4.78, 5) is 24.8. The largest absolute Gasteiger partial charge is 0.457 e. The average molecular weight is 397 g/mol. The van der Waals surface area contributed by atoms with Gasteiger partial charge in [0.25, 0.3) is 11.6 Å². The number of benzene rings is 1. The number of amides is 1. The Bertz CT molecular complexity index is 958. The molecule has 4 rings (SSSR count). The molecule has 0 bridgehead atoms. The fourth-order valence-electron chi connectivity index (χ4n) is 3.69. The molecular formula is C20H19N3O4S. The number of nitrogens with one attached hydrogen (secondary N) is 1. The van der Waals surface area contributed by atoms with E-state index < -0.39 is 4.92 Å². The van der Waals surface area contributed by atoms with Gasteiger partial charge in [-0.2, -0.15) is 0 Å². The van der Waals surface area contributed by atoms with Crippen molar-refractivity contribution >= 4 is 35.0 Å². The third-order valence-corrected chi connectivity index (χ3v) is 5.42. The molecule has 1 aromatic heterocycles. The zero-order chi connectivity index (χ0) is 19.7. The topological polar surface area (TPSA) is 88.6 Å². The fraction of sp³-hybridized carbons (Fsp3) is 0.300. The number of nitrogens with zero attached hydrogens (tertiary/aromatic N) is 2. The molecule has 2 heterocycles. The maximum absolute atomic E-state index is 12.8. The predicted octanol–water partition coefficient (Wildman–Crippen LogP) is 4.25. The van der Waals surface area contributed by atoms with E-state index in [0.29, 0.717) is 22.3 Å². The molecule has 1 amide bonds. The van der Waals surface area contributed by atoms with Gasteiger partial charge in [0, 0.05) is 29.8 Å². The first-order valence-electron chi connectivity index (χ1n) is 9.24. The van der Waals surface area contributed by atoms with Gasteiger partial charge in [0.05, 0.1) is 4.92 Å². The van der Waals surface area contributed by atoms with Crippen LogP contribution in [-0.4, -0.2) is 26.9 Å². The van der Waals surface area contributed by atoms with Crippen LogP contribution in [-0.2, 0) is 4.79 Å². The summed E-state index contributed by atoms with van der Waals surface area (Å²) < 4.78 is 5.80. The highest BCUT2D eigenvalue weighted by Gasteiger charge is 2.36. The highest BCUT2D eigenvalue weighted by atomic mass is 32.1. The molecule has 1 aliphatic carbocycles. The van der Waals surface area contributed by atoms with Crippen LogP contribution in [0.3, 0.4) is 0 Å². The van der Waals surface area contributed by atoms with Crippen molar-refractivity contribution in [3.63, 3.8) is 0 Å². The molecule has 1 saturated heterocycles. The molecular weight excluding hydrogens is 378 g/mol. The molecule has 1 N–H and O–H groups in total. The maximum atomic E-state index is 12.8. The zero-order valence-electron chi connectivity index (χ0n) is 15.1. The molecule has 1 aliphatic heterocycles. The average Bonchev–Trinajstić information content (AvgIpc) is 3.27. The number of carbonyl (C=O) groups excluding carboxylic acids is 1. The number of thiocarbonyl (C=S) groups is 1. The van der Waals surface area contributed by atoms with Crippen LogP contribution in [0.1, 0.15) is 37.9 Å². The van der Waals surface area contributed by atoms with Crippen LogP contribution in [0.25, 0.3) is 17.4 Å². The number of nitro benzene ring substituents is 1. The van der Waals surface area contributed by atoms with E-state index in [1.54, 1.807) is 35.2 Å². The predicted molar refractivity (Wildman–Crippen MR) is 108 cm³/mol. The molecule has 2 aromatic rings. The number of nitro groups is 1. The quantitative estimate of drug-likeness (QED) is 0.359. The van der Waals surface area contributed by atoms with Gasteiger partial charge in [0.2, 0.25) is 0 Å². The lowest BCUT2D eigenvalue weighted by Gasteiger charge is -2.29. The van der Waals surface area contributed by atoms with E-state index in [9.17, 15) is 14.9 Å². The van der Waals surface area contributed by atoms with E-state index >= 15 is 0 Å². The van der Waals surface area contributed by atoms with Crippen molar-refractivity contribution in [3.8, 4) is 11.3 Å². The van der Waals surface area contributed by atoms with Crippen LogP contribution in [0.15, 0.2) is 46.5 Å². The normalized spacial score (nSPS) is 19.3. The summed E-state index contributed by atoms with van der Waals surface area (Å²) in [5, 5.41) is 14.2. The van der Waals surface area contributed by atoms with Gasteiger partial charge in [-0.1, -0.05) is 19.3 Å².